The summed E-state index contributed by atoms with van der Waals surface area (Å²) in [5, 5.41) is 0. The number of hydrogen-bond acceptors (Lipinski definition) is 2. The largest absolute Gasteiger partial charge is 0.370 e. The van der Waals surface area contributed by atoms with Crippen molar-refractivity contribution < 1.29 is 9.59 Å². The molecule has 4 heteroatoms. The third-order valence-electron chi connectivity index (χ3n) is 9.98. The zero-order valence-corrected chi connectivity index (χ0v) is 19.7. The van der Waals surface area contributed by atoms with Gasteiger partial charge in [-0.25, -0.2) is 0 Å². The summed E-state index contributed by atoms with van der Waals surface area (Å²) in [5.74, 6) is 3.55. The first kappa shape index (κ1) is 23.3. The normalized spacial score (nSPS) is 41.5. The summed E-state index contributed by atoms with van der Waals surface area (Å²) in [6.07, 6.45) is 10.4. The van der Waals surface area contributed by atoms with Crippen LogP contribution in [0.25, 0.3) is 0 Å². The first-order valence-electron chi connectivity index (χ1n) is 12.2. The van der Waals surface area contributed by atoms with E-state index >= 15 is 0 Å². The molecular weight excluding hydrogens is 372 g/mol. The average molecular weight is 417 g/mol. The van der Waals surface area contributed by atoms with Crippen molar-refractivity contribution in [3.63, 3.8) is 0 Å². The van der Waals surface area contributed by atoms with Gasteiger partial charge in [-0.2, -0.15) is 0 Å². The molecule has 0 heterocycles. The Labute approximate surface area is 183 Å². The third kappa shape index (κ3) is 4.08. The van der Waals surface area contributed by atoms with Crippen LogP contribution >= 0.6 is 0 Å². The van der Waals surface area contributed by atoms with Crippen LogP contribution in [0.3, 0.4) is 0 Å². The van der Waals surface area contributed by atoms with Crippen molar-refractivity contribution in [2.75, 3.05) is 0 Å². The summed E-state index contributed by atoms with van der Waals surface area (Å²) in [5.41, 5.74) is 12.8. The van der Waals surface area contributed by atoms with Crippen molar-refractivity contribution in [1.29, 1.82) is 0 Å². The van der Waals surface area contributed by atoms with E-state index in [1.165, 1.54) is 44.1 Å². The van der Waals surface area contributed by atoms with Gasteiger partial charge in [0.15, 0.2) is 0 Å². The average Bonchev–Trinajstić information content (AvgIpc) is 3.02. The molecular formula is C26H44N2O2. The van der Waals surface area contributed by atoms with E-state index in [-0.39, 0.29) is 17.2 Å². The van der Waals surface area contributed by atoms with Crippen molar-refractivity contribution in [2.24, 2.45) is 57.8 Å². The van der Waals surface area contributed by atoms with Crippen molar-refractivity contribution in [3.05, 3.63) is 12.2 Å². The summed E-state index contributed by atoms with van der Waals surface area (Å²) in [6.45, 7) is 13.8. The fourth-order valence-corrected chi connectivity index (χ4v) is 8.56. The second-order valence-electron chi connectivity index (χ2n) is 11.5. The highest BCUT2D eigenvalue weighted by Crippen LogP contribution is 2.67. The quantitative estimate of drug-likeness (QED) is 0.532. The smallest absolute Gasteiger partial charge is 0.217 e. The molecule has 170 valence electrons. The lowest BCUT2D eigenvalue weighted by atomic mass is 9.45. The molecule has 4 nitrogen and oxygen atoms in total. The van der Waals surface area contributed by atoms with Crippen LogP contribution in [0.5, 0.6) is 0 Å². The second kappa shape index (κ2) is 8.67. The molecule has 0 aromatic rings. The van der Waals surface area contributed by atoms with Crippen LogP contribution in [0, 0.1) is 46.3 Å². The predicted molar refractivity (Wildman–Crippen MR) is 122 cm³/mol. The molecule has 0 radical (unpaired) electrons. The number of allylic oxidation sites excluding steroid dienone is 1. The fourth-order valence-electron chi connectivity index (χ4n) is 8.56. The molecule has 4 N–H and O–H groups in total. The highest BCUT2D eigenvalue weighted by Gasteiger charge is 2.59. The maximum atomic E-state index is 11.6. The lowest BCUT2D eigenvalue weighted by molar-refractivity contribution is -0.122. The number of primary amides is 2. The molecule has 3 saturated carbocycles. The zero-order valence-electron chi connectivity index (χ0n) is 19.7. The van der Waals surface area contributed by atoms with Gasteiger partial charge in [-0.1, -0.05) is 32.9 Å². The molecule has 0 bridgehead atoms. The standard InChI is InChI=1S/C26H44N2O2/c1-16(2)19-8-7-18-21-10-9-20(17(3)6-11-23(27)29)26(21,5)14-12-22(18)25(19,4)15-13-24(28)30/h17-22H,1,6-15H2,2-5H3,(H2,27,29)(H2,28,30)/t17-,18+,19?,20-,21+,22+,25+,26-/m1/s1. The molecule has 0 aromatic heterocycles. The van der Waals surface area contributed by atoms with Gasteiger partial charge < -0.3 is 11.5 Å². The molecule has 8 atom stereocenters. The highest BCUT2D eigenvalue weighted by atomic mass is 16.1. The van der Waals surface area contributed by atoms with E-state index in [4.69, 9.17) is 11.5 Å². The predicted octanol–water partition coefficient (Wildman–Crippen LogP) is 5.20. The fraction of sp³-hybridized carbons (Fsp3) is 0.846. The number of amides is 2. The monoisotopic (exact) mass is 416 g/mol. The van der Waals surface area contributed by atoms with E-state index in [9.17, 15) is 9.59 Å². The summed E-state index contributed by atoms with van der Waals surface area (Å²) >= 11 is 0. The highest BCUT2D eigenvalue weighted by molar-refractivity contribution is 5.74. The van der Waals surface area contributed by atoms with Gasteiger partial charge in [0.05, 0.1) is 0 Å². The van der Waals surface area contributed by atoms with Gasteiger partial charge in [-0.05, 0) is 105 Å². The van der Waals surface area contributed by atoms with Crippen molar-refractivity contribution in [3.8, 4) is 0 Å². The minimum Gasteiger partial charge on any atom is -0.370 e. The van der Waals surface area contributed by atoms with Gasteiger partial charge in [0.2, 0.25) is 11.8 Å². The molecule has 30 heavy (non-hydrogen) atoms. The molecule has 3 rings (SSSR count). The van der Waals surface area contributed by atoms with Crippen LogP contribution in [0.2, 0.25) is 0 Å². The molecule has 1 unspecified atom stereocenters. The van der Waals surface area contributed by atoms with Crippen LogP contribution in [0.1, 0.15) is 91.9 Å². The lowest BCUT2D eigenvalue weighted by Gasteiger charge is -2.60. The van der Waals surface area contributed by atoms with Gasteiger partial charge in [0, 0.05) is 12.8 Å². The van der Waals surface area contributed by atoms with Gasteiger partial charge in [0.1, 0.15) is 0 Å². The number of hydrogen-bond donors (Lipinski definition) is 2. The van der Waals surface area contributed by atoms with Crippen LogP contribution < -0.4 is 11.5 Å². The van der Waals surface area contributed by atoms with Crippen LogP contribution in [-0.2, 0) is 9.59 Å². The third-order valence-corrected chi connectivity index (χ3v) is 9.98. The Hall–Kier alpha value is -1.32. The van der Waals surface area contributed by atoms with Gasteiger partial charge in [0.25, 0.3) is 0 Å². The van der Waals surface area contributed by atoms with Gasteiger partial charge >= 0.3 is 0 Å². The van der Waals surface area contributed by atoms with Crippen LogP contribution in [0.4, 0.5) is 0 Å². The Kier molecular flexibility index (Phi) is 6.74. The molecule has 0 spiro atoms. The van der Waals surface area contributed by atoms with E-state index in [0.29, 0.717) is 41.9 Å². The van der Waals surface area contributed by atoms with E-state index in [2.05, 4.69) is 34.3 Å². The van der Waals surface area contributed by atoms with Gasteiger partial charge in [-0.15, -0.1) is 0 Å². The van der Waals surface area contributed by atoms with Crippen LogP contribution in [0.15, 0.2) is 12.2 Å². The maximum Gasteiger partial charge on any atom is 0.217 e. The molecule has 0 aromatic carbocycles. The summed E-state index contributed by atoms with van der Waals surface area (Å²) < 4.78 is 0. The molecule has 3 aliphatic rings. The van der Waals surface area contributed by atoms with E-state index < -0.39 is 0 Å². The Morgan fingerprint density at radius 2 is 1.67 bits per heavy atom. The number of fused-ring (bicyclic) bond motifs is 3. The zero-order chi connectivity index (χ0) is 22.3. The van der Waals surface area contributed by atoms with E-state index in [1.54, 1.807) is 0 Å². The van der Waals surface area contributed by atoms with Crippen molar-refractivity contribution in [2.45, 2.75) is 91.9 Å². The minimum absolute atomic E-state index is 0.126. The SMILES string of the molecule is C=C(C)C1CC[C@H]2[C@@H]3CC[C@H]([C@H](C)CCC(N)=O)[C@@]3(C)CC[C@@H]2[C@@]1(C)CCC(N)=O. The first-order valence-corrected chi connectivity index (χ1v) is 12.2. The number of nitrogens with two attached hydrogens (primary N) is 2. The Morgan fingerprint density at radius 3 is 2.27 bits per heavy atom. The summed E-state index contributed by atoms with van der Waals surface area (Å²) in [6, 6.07) is 0. The molecule has 3 fully saturated rings. The molecule has 2 amide bonds. The second-order valence-corrected chi connectivity index (χ2v) is 11.5. The summed E-state index contributed by atoms with van der Waals surface area (Å²) in [4.78, 5) is 23.0. The van der Waals surface area contributed by atoms with Crippen molar-refractivity contribution >= 4 is 11.8 Å². The van der Waals surface area contributed by atoms with Gasteiger partial charge in [-0.3, -0.25) is 9.59 Å². The Morgan fingerprint density at radius 1 is 1.00 bits per heavy atom. The Balaban J connectivity index is 1.82. The molecule has 3 aliphatic carbocycles. The molecule has 0 aliphatic heterocycles. The van der Waals surface area contributed by atoms with Crippen molar-refractivity contribution in [1.82, 2.24) is 0 Å². The van der Waals surface area contributed by atoms with E-state index in [0.717, 1.165) is 24.7 Å². The lowest BCUT2D eigenvalue weighted by Crippen LogP contribution is -2.52. The summed E-state index contributed by atoms with van der Waals surface area (Å²) in [7, 11) is 0. The molecule has 0 saturated heterocycles. The number of rotatable bonds is 8. The number of carbonyl (C=O) groups is 2. The van der Waals surface area contributed by atoms with E-state index in [1.807, 2.05) is 0 Å². The maximum absolute atomic E-state index is 11.6. The first-order chi connectivity index (χ1) is 14.0. The van der Waals surface area contributed by atoms with Crippen LogP contribution in [-0.4, -0.2) is 11.8 Å². The topological polar surface area (TPSA) is 86.2 Å². The Bertz CT molecular complexity index is 689. The number of carbonyl (C=O) groups excluding carboxylic acids is 2. The minimum atomic E-state index is -0.177.